The Morgan fingerprint density at radius 1 is 1.28 bits per heavy atom. The van der Waals surface area contributed by atoms with E-state index in [1.807, 2.05) is 56.8 Å². The number of rotatable bonds is 6. The molecule has 3 rings (SSSR count). The summed E-state index contributed by atoms with van der Waals surface area (Å²) in [6.45, 7) is 4.34. The van der Waals surface area contributed by atoms with Gasteiger partial charge in [-0.3, -0.25) is 4.79 Å². The number of aromatic nitrogens is 3. The summed E-state index contributed by atoms with van der Waals surface area (Å²) in [4.78, 5) is 14.8. The van der Waals surface area contributed by atoms with Crippen molar-refractivity contribution < 1.29 is 9.53 Å². The van der Waals surface area contributed by atoms with Crippen molar-refractivity contribution in [3.63, 3.8) is 0 Å². The van der Waals surface area contributed by atoms with Crippen LogP contribution in [0.5, 0.6) is 5.75 Å². The molecule has 0 saturated heterocycles. The Hall–Kier alpha value is -2.37. The van der Waals surface area contributed by atoms with Crippen molar-refractivity contribution in [2.45, 2.75) is 44.6 Å². The van der Waals surface area contributed by atoms with Crippen molar-refractivity contribution in [1.82, 2.24) is 19.7 Å². The minimum absolute atomic E-state index is 0.0497. The minimum Gasteiger partial charge on any atom is -0.497 e. The van der Waals surface area contributed by atoms with Crippen molar-refractivity contribution >= 4 is 5.91 Å². The van der Waals surface area contributed by atoms with E-state index in [2.05, 4.69) is 10.2 Å². The second-order valence-corrected chi connectivity index (χ2v) is 7.32. The number of amides is 1. The van der Waals surface area contributed by atoms with Gasteiger partial charge in [0.05, 0.1) is 19.1 Å². The van der Waals surface area contributed by atoms with Crippen molar-refractivity contribution in [3.05, 3.63) is 41.5 Å². The molecule has 134 valence electrons. The van der Waals surface area contributed by atoms with Crippen LogP contribution in [0.3, 0.4) is 0 Å². The fourth-order valence-electron chi connectivity index (χ4n) is 3.10. The van der Waals surface area contributed by atoms with Gasteiger partial charge in [0.15, 0.2) is 5.82 Å². The van der Waals surface area contributed by atoms with Crippen LogP contribution in [0, 0.1) is 0 Å². The molecule has 0 radical (unpaired) electrons. The van der Waals surface area contributed by atoms with Gasteiger partial charge in [-0.05, 0) is 44.4 Å². The predicted molar refractivity (Wildman–Crippen MR) is 95.5 cm³/mol. The van der Waals surface area contributed by atoms with E-state index in [1.165, 1.54) is 12.8 Å². The summed E-state index contributed by atoms with van der Waals surface area (Å²) in [5, 5.41) is 8.57. The molecule has 0 aliphatic heterocycles. The molecule has 0 spiro atoms. The largest absolute Gasteiger partial charge is 0.497 e. The van der Waals surface area contributed by atoms with E-state index in [0.29, 0.717) is 12.5 Å². The number of nitrogens with zero attached hydrogens (tertiary/aromatic N) is 4. The average molecular weight is 342 g/mol. The molecular formula is C19H26N4O2. The number of methoxy groups -OCH3 is 1. The SMILES string of the molecule is COc1ccc(C(C)(C)C(=O)N(C)Cc2nnc(C3CC3)n2C)cc1. The molecule has 1 aliphatic rings. The van der Waals surface area contributed by atoms with Gasteiger partial charge in [0.2, 0.25) is 5.91 Å². The Balaban J connectivity index is 1.74. The fourth-order valence-corrected chi connectivity index (χ4v) is 3.10. The first-order chi connectivity index (χ1) is 11.8. The van der Waals surface area contributed by atoms with Crippen LogP contribution >= 0.6 is 0 Å². The normalized spacial score (nSPS) is 14.4. The third kappa shape index (κ3) is 3.38. The lowest BCUT2D eigenvalue weighted by atomic mass is 9.83. The van der Waals surface area contributed by atoms with Crippen LogP contribution < -0.4 is 4.74 Å². The average Bonchev–Trinajstić information content (AvgIpc) is 3.39. The summed E-state index contributed by atoms with van der Waals surface area (Å²) in [6, 6.07) is 7.65. The first kappa shape index (κ1) is 17.5. The topological polar surface area (TPSA) is 60.2 Å². The highest BCUT2D eigenvalue weighted by atomic mass is 16.5. The van der Waals surface area contributed by atoms with Gasteiger partial charge in [-0.1, -0.05) is 12.1 Å². The molecule has 6 nitrogen and oxygen atoms in total. The van der Waals surface area contributed by atoms with Gasteiger partial charge in [-0.25, -0.2) is 0 Å². The first-order valence-corrected chi connectivity index (χ1v) is 8.63. The van der Waals surface area contributed by atoms with Gasteiger partial charge in [0.25, 0.3) is 0 Å². The van der Waals surface area contributed by atoms with Gasteiger partial charge >= 0.3 is 0 Å². The molecule has 2 aromatic rings. The number of likely N-dealkylation sites (N-methyl/N-ethyl adjacent to an activating group) is 1. The summed E-state index contributed by atoms with van der Waals surface area (Å²) in [5.74, 6) is 3.23. The highest BCUT2D eigenvalue weighted by Gasteiger charge is 2.34. The van der Waals surface area contributed by atoms with Crippen LogP contribution in [0.4, 0.5) is 0 Å². The molecule has 1 heterocycles. The Bertz CT molecular complexity index is 760. The van der Waals surface area contributed by atoms with Crippen LogP contribution in [0.2, 0.25) is 0 Å². The maximum absolute atomic E-state index is 13.0. The van der Waals surface area contributed by atoms with Crippen molar-refractivity contribution in [3.8, 4) is 5.75 Å². The zero-order valence-electron chi connectivity index (χ0n) is 15.6. The summed E-state index contributed by atoms with van der Waals surface area (Å²) < 4.78 is 7.22. The van der Waals surface area contributed by atoms with E-state index in [4.69, 9.17) is 4.74 Å². The standard InChI is InChI=1S/C19H26N4O2/c1-19(2,14-8-10-15(25-5)11-9-14)18(24)22(3)12-16-20-21-17(23(16)4)13-6-7-13/h8-11,13H,6-7,12H2,1-5H3. The second kappa shape index (κ2) is 6.50. The lowest BCUT2D eigenvalue weighted by Crippen LogP contribution is -2.41. The number of ether oxygens (including phenoxy) is 1. The third-order valence-electron chi connectivity index (χ3n) is 5.01. The molecule has 25 heavy (non-hydrogen) atoms. The molecule has 6 heteroatoms. The van der Waals surface area contributed by atoms with E-state index in [0.717, 1.165) is 23.0 Å². The van der Waals surface area contributed by atoms with E-state index in [-0.39, 0.29) is 5.91 Å². The van der Waals surface area contributed by atoms with E-state index in [9.17, 15) is 4.79 Å². The molecule has 0 N–H and O–H groups in total. The summed E-state index contributed by atoms with van der Waals surface area (Å²) in [5.41, 5.74) is 0.334. The Morgan fingerprint density at radius 3 is 2.48 bits per heavy atom. The van der Waals surface area contributed by atoms with E-state index in [1.54, 1.807) is 12.0 Å². The monoisotopic (exact) mass is 342 g/mol. The van der Waals surface area contributed by atoms with Crippen LogP contribution in [0.1, 0.15) is 49.8 Å². The van der Waals surface area contributed by atoms with Gasteiger partial charge < -0.3 is 14.2 Å². The molecular weight excluding hydrogens is 316 g/mol. The number of carbonyl (C=O) groups excluding carboxylic acids is 1. The highest BCUT2D eigenvalue weighted by molar-refractivity contribution is 5.87. The molecule has 1 aliphatic carbocycles. The molecule has 1 fully saturated rings. The number of hydrogen-bond donors (Lipinski definition) is 0. The maximum Gasteiger partial charge on any atom is 0.232 e. The minimum atomic E-state index is -0.626. The number of carbonyl (C=O) groups is 1. The van der Waals surface area contributed by atoms with E-state index >= 15 is 0 Å². The molecule has 1 aromatic heterocycles. The zero-order chi connectivity index (χ0) is 18.2. The maximum atomic E-state index is 13.0. The Morgan fingerprint density at radius 2 is 1.92 bits per heavy atom. The van der Waals surface area contributed by atoms with Gasteiger partial charge in [0, 0.05) is 20.0 Å². The number of benzene rings is 1. The zero-order valence-corrected chi connectivity index (χ0v) is 15.6. The van der Waals surface area contributed by atoms with Crippen molar-refractivity contribution in [1.29, 1.82) is 0 Å². The fraction of sp³-hybridized carbons (Fsp3) is 0.526. The summed E-state index contributed by atoms with van der Waals surface area (Å²) >= 11 is 0. The van der Waals surface area contributed by atoms with Gasteiger partial charge in [-0.2, -0.15) is 0 Å². The smallest absolute Gasteiger partial charge is 0.232 e. The lowest BCUT2D eigenvalue weighted by Gasteiger charge is -2.29. The van der Waals surface area contributed by atoms with Crippen LogP contribution in [0.25, 0.3) is 0 Å². The summed E-state index contributed by atoms with van der Waals surface area (Å²) in [6.07, 6.45) is 2.37. The van der Waals surface area contributed by atoms with E-state index < -0.39 is 5.41 Å². The molecule has 0 atom stereocenters. The van der Waals surface area contributed by atoms with Crippen LogP contribution in [-0.2, 0) is 23.8 Å². The third-order valence-corrected chi connectivity index (χ3v) is 5.01. The van der Waals surface area contributed by atoms with Crippen molar-refractivity contribution in [2.24, 2.45) is 7.05 Å². The molecule has 1 saturated carbocycles. The molecule has 1 aromatic carbocycles. The Labute approximate surface area is 148 Å². The lowest BCUT2D eigenvalue weighted by molar-refractivity contribution is -0.135. The quantitative estimate of drug-likeness (QED) is 0.810. The summed E-state index contributed by atoms with van der Waals surface area (Å²) in [7, 11) is 5.44. The number of hydrogen-bond acceptors (Lipinski definition) is 4. The van der Waals surface area contributed by atoms with Crippen LogP contribution in [-0.4, -0.2) is 39.7 Å². The first-order valence-electron chi connectivity index (χ1n) is 8.63. The molecule has 1 amide bonds. The Kier molecular flexibility index (Phi) is 4.54. The highest BCUT2D eigenvalue weighted by Crippen LogP contribution is 2.38. The molecule has 0 unspecified atom stereocenters. The predicted octanol–water partition coefficient (Wildman–Crippen LogP) is 2.64. The van der Waals surface area contributed by atoms with Gasteiger partial charge in [-0.15, -0.1) is 10.2 Å². The van der Waals surface area contributed by atoms with Gasteiger partial charge in [0.1, 0.15) is 11.6 Å². The van der Waals surface area contributed by atoms with Crippen LogP contribution in [0.15, 0.2) is 24.3 Å². The molecule has 0 bridgehead atoms. The second-order valence-electron chi connectivity index (χ2n) is 7.32. The van der Waals surface area contributed by atoms with Crippen molar-refractivity contribution in [2.75, 3.05) is 14.2 Å².